The van der Waals surface area contributed by atoms with Gasteiger partial charge in [-0.1, -0.05) is 30.3 Å². The maximum absolute atomic E-state index is 12.3. The molecule has 0 saturated heterocycles. The Morgan fingerprint density at radius 2 is 1.95 bits per heavy atom. The van der Waals surface area contributed by atoms with Crippen LogP contribution >= 0.6 is 0 Å². The van der Waals surface area contributed by atoms with Crippen LogP contribution in [0.4, 0.5) is 8.78 Å². The van der Waals surface area contributed by atoms with Gasteiger partial charge in [-0.05, 0) is 12.0 Å². The van der Waals surface area contributed by atoms with Gasteiger partial charge in [0.2, 0.25) is 5.91 Å². The number of carbonyl (C=O) groups is 1. The van der Waals surface area contributed by atoms with Crippen LogP contribution in [-0.2, 0) is 11.2 Å². The predicted octanol–water partition coefficient (Wildman–Crippen LogP) is 0.642. The van der Waals surface area contributed by atoms with Crippen molar-refractivity contribution in [2.24, 2.45) is 5.73 Å². The van der Waals surface area contributed by atoms with Crippen molar-refractivity contribution in [3.05, 3.63) is 35.9 Å². The van der Waals surface area contributed by atoms with Gasteiger partial charge in [0.05, 0.1) is 19.2 Å². The number of amides is 1. The van der Waals surface area contributed by atoms with Crippen molar-refractivity contribution < 1.29 is 18.7 Å². The average Bonchev–Trinajstić information content (AvgIpc) is 2.38. The summed E-state index contributed by atoms with van der Waals surface area (Å²) in [7, 11) is 0. The van der Waals surface area contributed by atoms with E-state index < -0.39 is 24.9 Å². The smallest absolute Gasteiger partial charge is 0.255 e. The first-order chi connectivity index (χ1) is 9.04. The quantitative estimate of drug-likeness (QED) is 0.765. The standard InChI is InChI=1S/C13H18F2N2O2/c14-12(15)9-17(6-7-18)13(19)11(16)8-10-4-2-1-3-5-10/h1-5,11-12,18H,6-9,16H2. The minimum Gasteiger partial charge on any atom is -0.395 e. The molecule has 1 rings (SSSR count). The van der Waals surface area contributed by atoms with Gasteiger partial charge in [0, 0.05) is 6.54 Å². The largest absolute Gasteiger partial charge is 0.395 e. The summed E-state index contributed by atoms with van der Waals surface area (Å²) in [6.45, 7) is -1.20. The summed E-state index contributed by atoms with van der Waals surface area (Å²) in [5, 5.41) is 8.79. The molecule has 4 nitrogen and oxygen atoms in total. The number of hydrogen-bond donors (Lipinski definition) is 2. The Balaban J connectivity index is 2.62. The van der Waals surface area contributed by atoms with Gasteiger partial charge < -0.3 is 15.7 Å². The third-order valence-corrected chi connectivity index (χ3v) is 2.66. The van der Waals surface area contributed by atoms with Crippen LogP contribution < -0.4 is 5.73 Å². The Labute approximate surface area is 110 Å². The Morgan fingerprint density at radius 1 is 1.32 bits per heavy atom. The molecule has 0 saturated carbocycles. The topological polar surface area (TPSA) is 66.6 Å². The van der Waals surface area contributed by atoms with Gasteiger partial charge in [-0.25, -0.2) is 8.78 Å². The van der Waals surface area contributed by atoms with E-state index in [2.05, 4.69) is 0 Å². The van der Waals surface area contributed by atoms with E-state index in [0.29, 0.717) is 0 Å². The van der Waals surface area contributed by atoms with Crippen LogP contribution in [0.1, 0.15) is 5.56 Å². The summed E-state index contributed by atoms with van der Waals surface area (Å²) in [6, 6.07) is 8.22. The van der Waals surface area contributed by atoms with Crippen molar-refractivity contribution in [1.82, 2.24) is 4.90 Å². The maximum Gasteiger partial charge on any atom is 0.255 e. The molecule has 0 aliphatic rings. The van der Waals surface area contributed by atoms with Crippen LogP contribution in [0.15, 0.2) is 30.3 Å². The highest BCUT2D eigenvalue weighted by atomic mass is 19.3. The first-order valence-corrected chi connectivity index (χ1v) is 6.02. The number of rotatable bonds is 7. The fourth-order valence-corrected chi connectivity index (χ4v) is 1.77. The monoisotopic (exact) mass is 272 g/mol. The average molecular weight is 272 g/mol. The number of hydrogen-bond acceptors (Lipinski definition) is 3. The van der Waals surface area contributed by atoms with Gasteiger partial charge in [-0.15, -0.1) is 0 Å². The predicted molar refractivity (Wildman–Crippen MR) is 67.8 cm³/mol. The van der Waals surface area contributed by atoms with Crippen molar-refractivity contribution in [1.29, 1.82) is 0 Å². The zero-order valence-corrected chi connectivity index (χ0v) is 10.5. The molecule has 0 aliphatic carbocycles. The van der Waals surface area contributed by atoms with Gasteiger partial charge in [-0.3, -0.25) is 4.79 Å². The molecule has 0 radical (unpaired) electrons. The highest BCUT2D eigenvalue weighted by Crippen LogP contribution is 2.06. The fourth-order valence-electron chi connectivity index (χ4n) is 1.77. The van der Waals surface area contributed by atoms with E-state index >= 15 is 0 Å². The Bertz CT molecular complexity index is 387. The molecule has 1 aromatic rings. The molecular formula is C13H18F2N2O2. The zero-order chi connectivity index (χ0) is 14.3. The van der Waals surface area contributed by atoms with E-state index in [1.165, 1.54) is 0 Å². The number of halogens is 2. The number of aliphatic hydroxyl groups excluding tert-OH is 1. The normalized spacial score (nSPS) is 12.5. The SMILES string of the molecule is NC(Cc1ccccc1)C(=O)N(CCO)CC(F)F. The van der Waals surface area contributed by atoms with E-state index in [0.717, 1.165) is 10.5 Å². The number of nitrogens with zero attached hydrogens (tertiary/aromatic N) is 1. The van der Waals surface area contributed by atoms with Crippen LogP contribution in [0, 0.1) is 0 Å². The second kappa shape index (κ2) is 7.81. The lowest BCUT2D eigenvalue weighted by molar-refractivity contribution is -0.135. The Morgan fingerprint density at radius 3 is 2.47 bits per heavy atom. The first-order valence-electron chi connectivity index (χ1n) is 6.02. The van der Waals surface area contributed by atoms with Gasteiger partial charge in [-0.2, -0.15) is 0 Å². The minimum atomic E-state index is -2.64. The maximum atomic E-state index is 12.3. The number of carbonyl (C=O) groups excluding carboxylic acids is 1. The van der Waals surface area contributed by atoms with E-state index in [1.54, 1.807) is 0 Å². The second-order valence-corrected chi connectivity index (χ2v) is 4.20. The molecule has 1 atom stereocenters. The second-order valence-electron chi connectivity index (χ2n) is 4.20. The Kier molecular flexibility index (Phi) is 6.38. The molecule has 6 heteroatoms. The van der Waals surface area contributed by atoms with Crippen LogP contribution in [-0.4, -0.2) is 48.1 Å². The first kappa shape index (κ1) is 15.5. The minimum absolute atomic E-state index is 0.133. The molecule has 1 unspecified atom stereocenters. The van der Waals surface area contributed by atoms with Crippen molar-refractivity contribution in [3.8, 4) is 0 Å². The lowest BCUT2D eigenvalue weighted by atomic mass is 10.1. The molecule has 0 spiro atoms. The van der Waals surface area contributed by atoms with E-state index in [4.69, 9.17) is 10.8 Å². The number of alkyl halides is 2. The third-order valence-electron chi connectivity index (χ3n) is 2.66. The van der Waals surface area contributed by atoms with Crippen molar-refractivity contribution in [2.75, 3.05) is 19.7 Å². The lowest BCUT2D eigenvalue weighted by Gasteiger charge is -2.24. The van der Waals surface area contributed by atoms with E-state index in [-0.39, 0.29) is 19.6 Å². The molecule has 3 N–H and O–H groups in total. The molecule has 106 valence electrons. The lowest BCUT2D eigenvalue weighted by Crippen LogP contribution is -2.47. The van der Waals surface area contributed by atoms with Crippen molar-refractivity contribution >= 4 is 5.91 Å². The number of aliphatic hydroxyl groups is 1. The molecule has 0 aromatic heterocycles. The summed E-state index contributed by atoms with van der Waals surface area (Å²) in [4.78, 5) is 12.8. The van der Waals surface area contributed by atoms with Crippen molar-refractivity contribution in [3.63, 3.8) is 0 Å². The van der Waals surface area contributed by atoms with Crippen LogP contribution in [0.3, 0.4) is 0 Å². The van der Waals surface area contributed by atoms with Crippen molar-refractivity contribution in [2.45, 2.75) is 18.9 Å². The molecule has 0 heterocycles. The van der Waals surface area contributed by atoms with Crippen LogP contribution in [0.2, 0.25) is 0 Å². The summed E-state index contributed by atoms with van der Waals surface area (Å²) in [6.07, 6.45) is -2.36. The number of benzene rings is 1. The summed E-state index contributed by atoms with van der Waals surface area (Å²) in [5.74, 6) is -0.571. The van der Waals surface area contributed by atoms with E-state index in [9.17, 15) is 13.6 Å². The van der Waals surface area contributed by atoms with Crippen LogP contribution in [0.25, 0.3) is 0 Å². The molecule has 0 aliphatic heterocycles. The molecule has 1 aromatic carbocycles. The highest BCUT2D eigenvalue weighted by Gasteiger charge is 2.23. The summed E-state index contributed by atoms with van der Waals surface area (Å²) in [5.41, 5.74) is 6.60. The van der Waals surface area contributed by atoms with Gasteiger partial charge >= 0.3 is 0 Å². The van der Waals surface area contributed by atoms with Gasteiger partial charge in [0.1, 0.15) is 0 Å². The molecule has 0 bridgehead atoms. The third kappa shape index (κ3) is 5.32. The zero-order valence-electron chi connectivity index (χ0n) is 10.5. The Hall–Kier alpha value is -1.53. The molecule has 1 amide bonds. The summed E-state index contributed by atoms with van der Waals surface area (Å²) < 4.78 is 24.7. The molecule has 0 fully saturated rings. The van der Waals surface area contributed by atoms with E-state index in [1.807, 2.05) is 30.3 Å². The fraction of sp³-hybridized carbons (Fsp3) is 0.462. The molecule has 19 heavy (non-hydrogen) atoms. The van der Waals surface area contributed by atoms with Gasteiger partial charge in [0.15, 0.2) is 0 Å². The van der Waals surface area contributed by atoms with Crippen LogP contribution in [0.5, 0.6) is 0 Å². The summed E-state index contributed by atoms with van der Waals surface area (Å²) >= 11 is 0. The molecular weight excluding hydrogens is 254 g/mol. The highest BCUT2D eigenvalue weighted by molar-refractivity contribution is 5.82. The number of nitrogens with two attached hydrogens (primary N) is 1. The van der Waals surface area contributed by atoms with Gasteiger partial charge in [0.25, 0.3) is 6.43 Å².